The summed E-state index contributed by atoms with van der Waals surface area (Å²) in [6.45, 7) is 1.10. The first-order valence-electron chi connectivity index (χ1n) is 6.28. The van der Waals surface area contributed by atoms with E-state index in [0.29, 0.717) is 13.1 Å². The Balaban J connectivity index is 2.47. The number of hydrogen-bond acceptors (Lipinski definition) is 3. The van der Waals surface area contributed by atoms with Crippen LogP contribution in [-0.4, -0.2) is 54.0 Å². The Labute approximate surface area is 127 Å². The summed E-state index contributed by atoms with van der Waals surface area (Å²) in [5.74, 6) is -0.889. The van der Waals surface area contributed by atoms with Crippen molar-refractivity contribution in [2.24, 2.45) is 0 Å². The highest BCUT2D eigenvalue weighted by Crippen LogP contribution is 2.17. The molecular formula is C14H19BrN2O3. The molecule has 0 atom stereocenters. The lowest BCUT2D eigenvalue weighted by atomic mass is 10.2. The first kappa shape index (κ1) is 16.7. The Kier molecular flexibility index (Phi) is 6.67. The fourth-order valence-corrected chi connectivity index (χ4v) is 2.10. The summed E-state index contributed by atoms with van der Waals surface area (Å²) in [7, 11) is 3.49. The molecule has 0 radical (unpaired) electrons. The van der Waals surface area contributed by atoms with Crippen molar-refractivity contribution in [2.75, 3.05) is 27.2 Å². The molecule has 1 aromatic carbocycles. The van der Waals surface area contributed by atoms with Crippen molar-refractivity contribution in [3.63, 3.8) is 0 Å². The minimum absolute atomic E-state index is 0.0337. The summed E-state index contributed by atoms with van der Waals surface area (Å²) in [5.41, 5.74) is 1.04. The molecule has 1 aromatic rings. The lowest BCUT2D eigenvalue weighted by molar-refractivity contribution is -0.138. The maximum atomic E-state index is 12.0. The second-order valence-corrected chi connectivity index (χ2v) is 5.58. The van der Waals surface area contributed by atoms with Gasteiger partial charge in [-0.25, -0.2) is 0 Å². The number of carboxylic acids is 1. The van der Waals surface area contributed by atoms with Gasteiger partial charge in [0.05, 0.1) is 13.0 Å². The van der Waals surface area contributed by atoms with Gasteiger partial charge in [0.2, 0.25) is 5.91 Å². The molecule has 0 aliphatic carbocycles. The molecule has 0 aromatic heterocycles. The standard InChI is InChI=1S/C14H19BrN2O3/c1-16(8-7-14(19)20)10-13(18)17(2)9-11-5-3-4-6-12(11)15/h3-6H,7-10H2,1-2H3,(H,19,20). The minimum atomic E-state index is -0.856. The van der Waals surface area contributed by atoms with Crippen molar-refractivity contribution in [3.8, 4) is 0 Å². The van der Waals surface area contributed by atoms with Gasteiger partial charge >= 0.3 is 5.97 Å². The molecule has 20 heavy (non-hydrogen) atoms. The molecular weight excluding hydrogens is 324 g/mol. The Morgan fingerprint density at radius 3 is 2.50 bits per heavy atom. The molecule has 0 saturated carbocycles. The van der Waals surface area contributed by atoms with Crippen LogP contribution < -0.4 is 0 Å². The number of amides is 1. The van der Waals surface area contributed by atoms with Crippen LogP contribution in [0.4, 0.5) is 0 Å². The van der Waals surface area contributed by atoms with Gasteiger partial charge in [0.15, 0.2) is 0 Å². The zero-order valence-electron chi connectivity index (χ0n) is 11.7. The first-order chi connectivity index (χ1) is 9.40. The highest BCUT2D eigenvalue weighted by molar-refractivity contribution is 9.10. The van der Waals surface area contributed by atoms with Crippen LogP contribution in [0.15, 0.2) is 28.7 Å². The van der Waals surface area contributed by atoms with Crippen LogP contribution in [0, 0.1) is 0 Å². The van der Waals surface area contributed by atoms with Crippen LogP contribution in [0.1, 0.15) is 12.0 Å². The monoisotopic (exact) mass is 342 g/mol. The largest absolute Gasteiger partial charge is 0.481 e. The Morgan fingerprint density at radius 2 is 1.90 bits per heavy atom. The third-order valence-electron chi connectivity index (χ3n) is 2.90. The van der Waals surface area contributed by atoms with Gasteiger partial charge in [-0.05, 0) is 18.7 Å². The van der Waals surface area contributed by atoms with Gasteiger partial charge in [-0.1, -0.05) is 34.1 Å². The molecule has 0 fully saturated rings. The van der Waals surface area contributed by atoms with Gasteiger partial charge in [0.25, 0.3) is 0 Å². The molecule has 110 valence electrons. The molecule has 0 aliphatic heterocycles. The Hall–Kier alpha value is -1.40. The SMILES string of the molecule is CN(CCC(=O)O)CC(=O)N(C)Cc1ccccc1Br. The van der Waals surface area contributed by atoms with Crippen LogP contribution >= 0.6 is 15.9 Å². The van der Waals surface area contributed by atoms with E-state index >= 15 is 0 Å². The van der Waals surface area contributed by atoms with Crippen molar-refractivity contribution in [1.29, 1.82) is 0 Å². The third kappa shape index (κ3) is 5.71. The molecule has 0 heterocycles. The number of likely N-dealkylation sites (N-methyl/N-ethyl adjacent to an activating group) is 2. The number of hydrogen-bond donors (Lipinski definition) is 1. The number of carbonyl (C=O) groups excluding carboxylic acids is 1. The quantitative estimate of drug-likeness (QED) is 0.820. The van der Waals surface area contributed by atoms with Crippen molar-refractivity contribution < 1.29 is 14.7 Å². The molecule has 1 N–H and O–H groups in total. The predicted octanol–water partition coefficient (Wildman–Crippen LogP) is 1.81. The predicted molar refractivity (Wildman–Crippen MR) is 80.4 cm³/mol. The smallest absolute Gasteiger partial charge is 0.304 e. The highest BCUT2D eigenvalue weighted by Gasteiger charge is 2.13. The van der Waals surface area contributed by atoms with Gasteiger partial charge in [0.1, 0.15) is 0 Å². The zero-order valence-corrected chi connectivity index (χ0v) is 13.3. The molecule has 6 heteroatoms. The lowest BCUT2D eigenvalue weighted by Gasteiger charge is -2.22. The van der Waals surface area contributed by atoms with Crippen LogP contribution in [-0.2, 0) is 16.1 Å². The number of aliphatic carboxylic acids is 1. The summed E-state index contributed by atoms with van der Waals surface area (Å²) < 4.78 is 0.971. The number of rotatable bonds is 7. The fourth-order valence-electron chi connectivity index (χ4n) is 1.69. The van der Waals surface area contributed by atoms with Gasteiger partial charge in [-0.2, -0.15) is 0 Å². The van der Waals surface area contributed by atoms with E-state index in [-0.39, 0.29) is 18.9 Å². The van der Waals surface area contributed by atoms with Gasteiger partial charge in [-0.3, -0.25) is 14.5 Å². The van der Waals surface area contributed by atoms with E-state index in [2.05, 4.69) is 15.9 Å². The molecule has 0 aliphatic rings. The van der Waals surface area contributed by atoms with E-state index in [1.807, 2.05) is 24.3 Å². The van der Waals surface area contributed by atoms with E-state index in [0.717, 1.165) is 10.0 Å². The first-order valence-corrected chi connectivity index (χ1v) is 7.07. The van der Waals surface area contributed by atoms with Gasteiger partial charge in [0, 0.05) is 24.6 Å². The molecule has 0 saturated heterocycles. The number of carbonyl (C=O) groups is 2. The fraction of sp³-hybridized carbons (Fsp3) is 0.429. The molecule has 0 spiro atoms. The third-order valence-corrected chi connectivity index (χ3v) is 3.68. The molecule has 0 bridgehead atoms. The van der Waals surface area contributed by atoms with E-state index in [4.69, 9.17) is 5.11 Å². The van der Waals surface area contributed by atoms with Crippen molar-refractivity contribution >= 4 is 27.8 Å². The van der Waals surface area contributed by atoms with E-state index < -0.39 is 5.97 Å². The number of carboxylic acid groups (broad SMARTS) is 1. The molecule has 0 unspecified atom stereocenters. The molecule has 1 amide bonds. The van der Waals surface area contributed by atoms with Crippen molar-refractivity contribution in [2.45, 2.75) is 13.0 Å². The average molecular weight is 343 g/mol. The summed E-state index contributed by atoms with van der Waals surface area (Å²) in [4.78, 5) is 25.9. The minimum Gasteiger partial charge on any atom is -0.481 e. The van der Waals surface area contributed by atoms with Crippen LogP contribution in [0.2, 0.25) is 0 Å². The van der Waals surface area contributed by atoms with Crippen LogP contribution in [0.5, 0.6) is 0 Å². The van der Waals surface area contributed by atoms with Crippen molar-refractivity contribution in [1.82, 2.24) is 9.80 Å². The zero-order chi connectivity index (χ0) is 15.1. The summed E-state index contributed by atoms with van der Waals surface area (Å²) in [6, 6.07) is 7.75. The maximum absolute atomic E-state index is 12.0. The Bertz CT molecular complexity index is 479. The summed E-state index contributed by atoms with van der Waals surface area (Å²) in [6.07, 6.45) is 0.0394. The second-order valence-electron chi connectivity index (χ2n) is 4.72. The Morgan fingerprint density at radius 1 is 1.25 bits per heavy atom. The topological polar surface area (TPSA) is 60.9 Å². The molecule has 1 rings (SSSR count). The normalized spacial score (nSPS) is 10.6. The number of halogens is 1. The average Bonchev–Trinajstić information content (AvgIpc) is 2.39. The molecule has 5 nitrogen and oxygen atoms in total. The lowest BCUT2D eigenvalue weighted by Crippen LogP contribution is -2.37. The summed E-state index contributed by atoms with van der Waals surface area (Å²) in [5, 5.41) is 8.60. The van der Waals surface area contributed by atoms with Crippen molar-refractivity contribution in [3.05, 3.63) is 34.3 Å². The highest BCUT2D eigenvalue weighted by atomic mass is 79.9. The van der Waals surface area contributed by atoms with E-state index in [1.54, 1.807) is 23.9 Å². The van der Waals surface area contributed by atoms with Gasteiger partial charge < -0.3 is 10.0 Å². The second kappa shape index (κ2) is 8.01. The summed E-state index contributed by atoms with van der Waals surface area (Å²) >= 11 is 3.45. The number of benzene rings is 1. The number of nitrogens with zero attached hydrogens (tertiary/aromatic N) is 2. The van der Waals surface area contributed by atoms with Crippen LogP contribution in [0.3, 0.4) is 0 Å². The van der Waals surface area contributed by atoms with Crippen LogP contribution in [0.25, 0.3) is 0 Å². The van der Waals surface area contributed by atoms with E-state index in [1.165, 1.54) is 0 Å². The van der Waals surface area contributed by atoms with E-state index in [9.17, 15) is 9.59 Å². The maximum Gasteiger partial charge on any atom is 0.304 e. The van der Waals surface area contributed by atoms with Gasteiger partial charge in [-0.15, -0.1) is 0 Å².